The number of rotatable bonds is 2. The van der Waals surface area contributed by atoms with Crippen LogP contribution in [0, 0.1) is 12.5 Å². The standard InChI is InChI=1S/C8H17N2/c1-8-2-5-10(6-3-8)7-4-9/h5,8H,2-4,6-7,9H2,1H3. The van der Waals surface area contributed by atoms with Crippen molar-refractivity contribution in [1.29, 1.82) is 0 Å². The Morgan fingerprint density at radius 3 is 3.00 bits per heavy atom. The predicted molar refractivity (Wildman–Crippen MR) is 43.3 cm³/mol. The zero-order valence-corrected chi connectivity index (χ0v) is 6.71. The van der Waals surface area contributed by atoms with E-state index in [0.717, 1.165) is 19.0 Å². The first-order valence-electron chi connectivity index (χ1n) is 4.10. The molecule has 1 radical (unpaired) electrons. The minimum Gasteiger partial charge on any atom is -0.329 e. The minimum atomic E-state index is 0.783. The predicted octanol–water partition coefficient (Wildman–Crippen LogP) is 0.839. The minimum absolute atomic E-state index is 0.783. The molecule has 59 valence electrons. The van der Waals surface area contributed by atoms with Crippen LogP contribution in [0.15, 0.2) is 0 Å². The molecule has 0 aromatic heterocycles. The number of nitrogens with zero attached hydrogens (tertiary/aromatic N) is 1. The molecule has 0 saturated carbocycles. The summed E-state index contributed by atoms with van der Waals surface area (Å²) in [6.45, 7) is 7.62. The van der Waals surface area contributed by atoms with Gasteiger partial charge in [-0.25, -0.2) is 0 Å². The van der Waals surface area contributed by atoms with Crippen molar-refractivity contribution in [3.05, 3.63) is 6.54 Å². The molecule has 1 aliphatic rings. The zero-order valence-electron chi connectivity index (χ0n) is 6.71. The van der Waals surface area contributed by atoms with Crippen molar-refractivity contribution in [2.24, 2.45) is 11.7 Å². The van der Waals surface area contributed by atoms with Gasteiger partial charge in [0.15, 0.2) is 0 Å². The van der Waals surface area contributed by atoms with E-state index in [-0.39, 0.29) is 0 Å². The summed E-state index contributed by atoms with van der Waals surface area (Å²) in [6, 6.07) is 0. The molecule has 0 aliphatic carbocycles. The van der Waals surface area contributed by atoms with E-state index in [9.17, 15) is 0 Å². The molecule has 1 atom stereocenters. The van der Waals surface area contributed by atoms with E-state index in [1.807, 2.05) is 0 Å². The third-order valence-corrected chi connectivity index (χ3v) is 2.09. The lowest BCUT2D eigenvalue weighted by atomic mass is 9.99. The van der Waals surface area contributed by atoms with Gasteiger partial charge in [-0.2, -0.15) is 0 Å². The quantitative estimate of drug-likeness (QED) is 0.617. The number of nitrogens with two attached hydrogens (primary N) is 1. The molecule has 1 saturated heterocycles. The summed E-state index contributed by atoms with van der Waals surface area (Å²) >= 11 is 0. The highest BCUT2D eigenvalue weighted by Crippen LogP contribution is 2.18. The van der Waals surface area contributed by atoms with Crippen LogP contribution in [0.25, 0.3) is 0 Å². The van der Waals surface area contributed by atoms with Crippen molar-refractivity contribution in [2.45, 2.75) is 19.8 Å². The Bertz CT molecular complexity index is 85.3. The number of piperidine rings is 1. The highest BCUT2D eigenvalue weighted by Gasteiger charge is 2.14. The maximum absolute atomic E-state index is 5.43. The van der Waals surface area contributed by atoms with E-state index in [0.29, 0.717) is 0 Å². The van der Waals surface area contributed by atoms with Gasteiger partial charge in [0.25, 0.3) is 0 Å². The molecule has 1 aliphatic heterocycles. The first-order valence-corrected chi connectivity index (χ1v) is 4.10. The maximum Gasteiger partial charge on any atom is 0.0254 e. The normalized spacial score (nSPS) is 23.4. The second kappa shape index (κ2) is 3.94. The van der Waals surface area contributed by atoms with Crippen molar-refractivity contribution in [2.75, 3.05) is 19.6 Å². The van der Waals surface area contributed by atoms with Crippen molar-refractivity contribution in [1.82, 2.24) is 4.90 Å². The second-order valence-electron chi connectivity index (χ2n) is 3.14. The topological polar surface area (TPSA) is 29.3 Å². The largest absolute Gasteiger partial charge is 0.329 e. The van der Waals surface area contributed by atoms with Gasteiger partial charge in [0.05, 0.1) is 0 Å². The smallest absolute Gasteiger partial charge is 0.0254 e. The third kappa shape index (κ3) is 2.27. The fourth-order valence-electron chi connectivity index (χ4n) is 1.29. The van der Waals surface area contributed by atoms with Crippen LogP contribution >= 0.6 is 0 Å². The molecule has 1 heterocycles. The lowest BCUT2D eigenvalue weighted by molar-refractivity contribution is 0.247. The first kappa shape index (κ1) is 8.02. The molecule has 10 heavy (non-hydrogen) atoms. The van der Waals surface area contributed by atoms with Crippen LogP contribution < -0.4 is 5.73 Å². The first-order chi connectivity index (χ1) is 4.83. The van der Waals surface area contributed by atoms with Gasteiger partial charge < -0.3 is 5.73 Å². The number of hydrogen-bond donors (Lipinski definition) is 1. The summed E-state index contributed by atoms with van der Waals surface area (Å²) in [5, 5.41) is 0. The van der Waals surface area contributed by atoms with E-state index >= 15 is 0 Å². The summed E-state index contributed by atoms with van der Waals surface area (Å²) in [7, 11) is 0. The molecule has 0 aromatic carbocycles. The van der Waals surface area contributed by atoms with Gasteiger partial charge in [0, 0.05) is 19.6 Å². The summed E-state index contributed by atoms with van der Waals surface area (Å²) < 4.78 is 0. The molecule has 2 heteroatoms. The van der Waals surface area contributed by atoms with Crippen LogP contribution in [-0.4, -0.2) is 24.5 Å². The third-order valence-electron chi connectivity index (χ3n) is 2.09. The van der Waals surface area contributed by atoms with Crippen LogP contribution in [0.5, 0.6) is 0 Å². The Morgan fingerprint density at radius 1 is 1.70 bits per heavy atom. The van der Waals surface area contributed by atoms with E-state index < -0.39 is 0 Å². The van der Waals surface area contributed by atoms with Crippen molar-refractivity contribution in [3.63, 3.8) is 0 Å². The molecule has 2 nitrogen and oxygen atoms in total. The van der Waals surface area contributed by atoms with Gasteiger partial charge in [-0.15, -0.1) is 0 Å². The van der Waals surface area contributed by atoms with Gasteiger partial charge in [-0.3, -0.25) is 4.90 Å². The van der Waals surface area contributed by atoms with Gasteiger partial charge >= 0.3 is 0 Å². The van der Waals surface area contributed by atoms with Crippen molar-refractivity contribution < 1.29 is 0 Å². The molecule has 2 N–H and O–H groups in total. The van der Waals surface area contributed by atoms with Gasteiger partial charge in [-0.1, -0.05) is 6.92 Å². The molecule has 0 amide bonds. The molecular formula is C8H17N2. The Labute approximate surface area is 63.4 Å². The van der Waals surface area contributed by atoms with Crippen LogP contribution in [-0.2, 0) is 0 Å². The molecule has 1 rings (SSSR count). The number of likely N-dealkylation sites (tertiary alicyclic amines) is 1. The zero-order chi connectivity index (χ0) is 7.40. The molecule has 0 aromatic rings. The number of hydrogen-bond acceptors (Lipinski definition) is 2. The SMILES string of the molecule is CC1C[CH]N(CCN)CC1. The Kier molecular flexibility index (Phi) is 3.16. The van der Waals surface area contributed by atoms with E-state index in [2.05, 4.69) is 18.4 Å². The van der Waals surface area contributed by atoms with Gasteiger partial charge in [-0.05, 0) is 25.3 Å². The van der Waals surface area contributed by atoms with E-state index in [4.69, 9.17) is 5.73 Å². The fraction of sp³-hybridized carbons (Fsp3) is 0.875. The Hall–Kier alpha value is -0.0800. The summed E-state index contributed by atoms with van der Waals surface area (Å²) in [6.07, 6.45) is 2.57. The van der Waals surface area contributed by atoms with Crippen molar-refractivity contribution >= 4 is 0 Å². The van der Waals surface area contributed by atoms with Crippen LogP contribution in [0.1, 0.15) is 19.8 Å². The summed E-state index contributed by atoms with van der Waals surface area (Å²) in [4.78, 5) is 2.33. The molecular weight excluding hydrogens is 124 g/mol. The highest BCUT2D eigenvalue weighted by molar-refractivity contribution is 4.78. The van der Waals surface area contributed by atoms with Gasteiger partial charge in [0.1, 0.15) is 0 Å². The van der Waals surface area contributed by atoms with Crippen LogP contribution in [0.4, 0.5) is 0 Å². The molecule has 1 unspecified atom stereocenters. The maximum atomic E-state index is 5.43. The second-order valence-corrected chi connectivity index (χ2v) is 3.14. The highest BCUT2D eigenvalue weighted by atomic mass is 15.1. The average Bonchev–Trinajstić information content (AvgIpc) is 1.95. The van der Waals surface area contributed by atoms with E-state index in [1.165, 1.54) is 19.4 Å². The van der Waals surface area contributed by atoms with E-state index in [1.54, 1.807) is 0 Å². The summed E-state index contributed by atoms with van der Waals surface area (Å²) in [5.74, 6) is 0.883. The molecule has 0 bridgehead atoms. The Morgan fingerprint density at radius 2 is 2.50 bits per heavy atom. The fourth-order valence-corrected chi connectivity index (χ4v) is 1.29. The summed E-state index contributed by atoms with van der Waals surface area (Å²) in [5.41, 5.74) is 5.43. The monoisotopic (exact) mass is 141 g/mol. The lowest BCUT2D eigenvalue weighted by Gasteiger charge is -2.28. The molecule has 0 spiro atoms. The Balaban J connectivity index is 2.13. The average molecular weight is 141 g/mol. The van der Waals surface area contributed by atoms with Crippen LogP contribution in [0.2, 0.25) is 0 Å². The molecule has 1 fully saturated rings. The lowest BCUT2D eigenvalue weighted by Crippen LogP contribution is -2.33. The van der Waals surface area contributed by atoms with Gasteiger partial charge in [0.2, 0.25) is 0 Å². The van der Waals surface area contributed by atoms with Crippen molar-refractivity contribution in [3.8, 4) is 0 Å². The van der Waals surface area contributed by atoms with Crippen LogP contribution in [0.3, 0.4) is 0 Å².